The largest absolute Gasteiger partial charge is 0.416 e. The third kappa shape index (κ3) is 6.74. The molecule has 2 aromatic carbocycles. The summed E-state index contributed by atoms with van der Waals surface area (Å²) in [6.45, 7) is 0. The number of benzene rings is 2. The van der Waals surface area contributed by atoms with Crippen LogP contribution in [0.2, 0.25) is 0 Å². The fourth-order valence-corrected chi connectivity index (χ4v) is 2.73. The summed E-state index contributed by atoms with van der Waals surface area (Å²) in [6.07, 6.45) is -9.91. The Kier molecular flexibility index (Phi) is 7.37. The number of guanidine groups is 1. The van der Waals surface area contributed by atoms with Gasteiger partial charge in [0.05, 0.1) is 22.5 Å². The molecule has 0 unspecified atom stereocenters. The first-order chi connectivity index (χ1) is 14.3. The summed E-state index contributed by atoms with van der Waals surface area (Å²) in [6, 6.07) is 7.91. The Balaban J connectivity index is 2.28. The average Bonchev–Trinajstić information content (AvgIpc) is 2.65. The Bertz CT molecular complexity index is 937. The van der Waals surface area contributed by atoms with Crippen LogP contribution in [0, 0.1) is 0 Å². The minimum Gasteiger partial charge on any atom is -0.349 e. The SMILES string of the molecule is CN=C(Nc1ccccc1NC(=S)Nc1cc(C(F)(F)F)cc(C(F)(F)F)c1)N(C)C. The van der Waals surface area contributed by atoms with Gasteiger partial charge in [-0.05, 0) is 42.5 Å². The van der Waals surface area contributed by atoms with Crippen molar-refractivity contribution < 1.29 is 26.3 Å². The smallest absolute Gasteiger partial charge is 0.349 e. The molecule has 0 aliphatic rings. The van der Waals surface area contributed by atoms with Crippen molar-refractivity contribution in [2.24, 2.45) is 4.99 Å². The van der Waals surface area contributed by atoms with Crippen LogP contribution in [0.5, 0.6) is 0 Å². The van der Waals surface area contributed by atoms with Crippen LogP contribution in [0.25, 0.3) is 0 Å². The average molecular weight is 463 g/mol. The first-order valence-electron chi connectivity index (χ1n) is 8.69. The highest BCUT2D eigenvalue weighted by Crippen LogP contribution is 2.37. The number of aliphatic imine (C=N–C) groups is 1. The molecular formula is C19H19F6N5S. The van der Waals surface area contributed by atoms with E-state index >= 15 is 0 Å². The first-order valence-corrected chi connectivity index (χ1v) is 9.09. The number of thiocarbonyl (C=S) groups is 1. The van der Waals surface area contributed by atoms with Gasteiger partial charge in [0, 0.05) is 26.8 Å². The van der Waals surface area contributed by atoms with Gasteiger partial charge in [-0.25, -0.2) is 0 Å². The fraction of sp³-hybridized carbons (Fsp3) is 0.263. The van der Waals surface area contributed by atoms with Gasteiger partial charge in [-0.3, -0.25) is 4.99 Å². The Morgan fingerprint density at radius 1 is 0.839 bits per heavy atom. The van der Waals surface area contributed by atoms with Crippen molar-refractivity contribution in [1.29, 1.82) is 0 Å². The molecule has 0 radical (unpaired) electrons. The van der Waals surface area contributed by atoms with Crippen molar-refractivity contribution in [3.05, 3.63) is 53.6 Å². The van der Waals surface area contributed by atoms with Crippen molar-refractivity contribution >= 4 is 40.4 Å². The van der Waals surface area contributed by atoms with Gasteiger partial charge < -0.3 is 20.9 Å². The molecule has 2 rings (SSSR count). The van der Waals surface area contributed by atoms with E-state index in [-0.39, 0.29) is 11.2 Å². The lowest BCUT2D eigenvalue weighted by Crippen LogP contribution is -2.30. The van der Waals surface area contributed by atoms with Crippen molar-refractivity contribution in [1.82, 2.24) is 4.90 Å². The summed E-state index contributed by atoms with van der Waals surface area (Å²) < 4.78 is 78.2. The molecule has 5 nitrogen and oxygen atoms in total. The maximum atomic E-state index is 13.0. The second-order valence-corrected chi connectivity index (χ2v) is 6.89. The Morgan fingerprint density at radius 2 is 1.32 bits per heavy atom. The van der Waals surface area contributed by atoms with Gasteiger partial charge in [0.2, 0.25) is 0 Å². The Morgan fingerprint density at radius 3 is 1.74 bits per heavy atom. The molecule has 31 heavy (non-hydrogen) atoms. The fourth-order valence-electron chi connectivity index (χ4n) is 2.50. The quantitative estimate of drug-likeness (QED) is 0.243. The molecule has 3 N–H and O–H groups in total. The normalized spacial score (nSPS) is 12.4. The van der Waals surface area contributed by atoms with Crippen LogP contribution in [0.4, 0.5) is 43.4 Å². The van der Waals surface area contributed by atoms with E-state index in [1.807, 2.05) is 0 Å². The summed E-state index contributed by atoms with van der Waals surface area (Å²) in [7, 11) is 5.11. The monoisotopic (exact) mass is 463 g/mol. The van der Waals surface area contributed by atoms with E-state index in [1.54, 1.807) is 50.3 Å². The third-order valence-electron chi connectivity index (χ3n) is 3.90. The number of hydrogen-bond acceptors (Lipinski definition) is 2. The predicted octanol–water partition coefficient (Wildman–Crippen LogP) is 5.49. The summed E-state index contributed by atoms with van der Waals surface area (Å²) in [5, 5.41) is 8.01. The maximum Gasteiger partial charge on any atom is 0.416 e. The summed E-state index contributed by atoms with van der Waals surface area (Å²) >= 11 is 5.09. The van der Waals surface area contributed by atoms with Crippen LogP contribution < -0.4 is 16.0 Å². The van der Waals surface area contributed by atoms with E-state index in [9.17, 15) is 26.3 Å². The lowest BCUT2D eigenvalue weighted by molar-refractivity contribution is -0.143. The summed E-state index contributed by atoms with van der Waals surface area (Å²) in [5.74, 6) is 0.515. The number of hydrogen-bond donors (Lipinski definition) is 3. The molecule has 0 bridgehead atoms. The molecule has 0 aliphatic carbocycles. The van der Waals surface area contributed by atoms with E-state index in [2.05, 4.69) is 20.9 Å². The molecule has 0 amide bonds. The van der Waals surface area contributed by atoms with Crippen molar-refractivity contribution in [3.63, 3.8) is 0 Å². The standard InChI is InChI=1S/C19H19F6N5S/c1-26-16(30(2)3)28-14-6-4-5-7-15(14)29-17(31)27-13-9-11(18(20,21)22)8-12(10-13)19(23,24)25/h4-10H,1-3H3,(H,26,28)(H2,27,29,31). The number of halogens is 6. The molecular weight excluding hydrogens is 444 g/mol. The number of nitrogens with one attached hydrogen (secondary N) is 3. The van der Waals surface area contributed by atoms with Gasteiger partial charge in [0.15, 0.2) is 11.1 Å². The van der Waals surface area contributed by atoms with Crippen LogP contribution in [0.3, 0.4) is 0 Å². The van der Waals surface area contributed by atoms with Crippen molar-refractivity contribution in [2.45, 2.75) is 12.4 Å². The van der Waals surface area contributed by atoms with Crippen LogP contribution in [0.1, 0.15) is 11.1 Å². The van der Waals surface area contributed by atoms with Gasteiger partial charge in [-0.15, -0.1) is 0 Å². The summed E-state index contributed by atoms with van der Waals surface area (Å²) in [5.41, 5.74) is -2.35. The van der Waals surface area contributed by atoms with Gasteiger partial charge in [-0.1, -0.05) is 12.1 Å². The predicted molar refractivity (Wildman–Crippen MR) is 113 cm³/mol. The Hall–Kier alpha value is -3.02. The molecule has 0 spiro atoms. The van der Waals surface area contributed by atoms with Crippen LogP contribution in [-0.4, -0.2) is 37.1 Å². The first kappa shape index (κ1) is 24.3. The number of rotatable bonds is 3. The van der Waals surface area contributed by atoms with E-state index in [4.69, 9.17) is 12.2 Å². The zero-order valence-electron chi connectivity index (χ0n) is 16.6. The topological polar surface area (TPSA) is 51.7 Å². The van der Waals surface area contributed by atoms with Gasteiger partial charge in [-0.2, -0.15) is 26.3 Å². The lowest BCUT2D eigenvalue weighted by atomic mass is 10.1. The van der Waals surface area contributed by atoms with E-state index in [1.165, 1.54) is 0 Å². The molecule has 0 atom stereocenters. The maximum absolute atomic E-state index is 13.0. The van der Waals surface area contributed by atoms with Crippen LogP contribution in [0.15, 0.2) is 47.5 Å². The molecule has 0 aromatic heterocycles. The molecule has 0 saturated carbocycles. The molecule has 0 saturated heterocycles. The summed E-state index contributed by atoms with van der Waals surface area (Å²) in [4.78, 5) is 5.80. The number of nitrogens with zero attached hydrogens (tertiary/aromatic N) is 2. The molecule has 2 aromatic rings. The van der Waals surface area contributed by atoms with E-state index in [0.29, 0.717) is 29.5 Å². The molecule has 0 fully saturated rings. The molecule has 0 heterocycles. The van der Waals surface area contributed by atoms with Gasteiger partial charge in [0.25, 0.3) is 0 Å². The van der Waals surface area contributed by atoms with E-state index in [0.717, 1.165) is 0 Å². The zero-order chi connectivity index (χ0) is 23.4. The Labute approximate surface area is 180 Å². The highest BCUT2D eigenvalue weighted by molar-refractivity contribution is 7.80. The van der Waals surface area contributed by atoms with Gasteiger partial charge in [0.1, 0.15) is 0 Å². The highest BCUT2D eigenvalue weighted by atomic mass is 32.1. The number of para-hydroxylation sites is 2. The third-order valence-corrected chi connectivity index (χ3v) is 4.11. The second kappa shape index (κ2) is 9.41. The van der Waals surface area contributed by atoms with Crippen LogP contribution >= 0.6 is 12.2 Å². The number of alkyl halides is 6. The second-order valence-electron chi connectivity index (χ2n) is 6.49. The minimum atomic E-state index is -4.95. The van der Waals surface area contributed by atoms with Crippen molar-refractivity contribution in [2.75, 3.05) is 37.1 Å². The number of anilines is 3. The lowest BCUT2D eigenvalue weighted by Gasteiger charge is -2.20. The van der Waals surface area contributed by atoms with E-state index < -0.39 is 29.2 Å². The zero-order valence-corrected chi connectivity index (χ0v) is 17.4. The molecule has 0 aliphatic heterocycles. The van der Waals surface area contributed by atoms with Crippen molar-refractivity contribution in [3.8, 4) is 0 Å². The highest BCUT2D eigenvalue weighted by Gasteiger charge is 2.37. The van der Waals surface area contributed by atoms with Crippen LogP contribution in [-0.2, 0) is 12.4 Å². The van der Waals surface area contributed by atoms with Gasteiger partial charge >= 0.3 is 12.4 Å². The molecule has 12 heteroatoms. The molecule has 168 valence electrons. The minimum absolute atomic E-state index is 0.0493.